The van der Waals surface area contributed by atoms with Crippen molar-refractivity contribution in [1.82, 2.24) is 15.0 Å². The Morgan fingerprint density at radius 3 is 2.69 bits per heavy atom. The van der Waals surface area contributed by atoms with Gasteiger partial charge in [-0.1, -0.05) is 13.8 Å². The highest BCUT2D eigenvalue weighted by Gasteiger charge is 2.12. The summed E-state index contributed by atoms with van der Waals surface area (Å²) in [6.07, 6.45) is 7.09. The van der Waals surface area contributed by atoms with E-state index in [1.807, 2.05) is 49.5 Å². The van der Waals surface area contributed by atoms with E-state index in [9.17, 15) is 4.79 Å². The molecule has 0 aliphatic heterocycles. The van der Waals surface area contributed by atoms with Gasteiger partial charge in [0.25, 0.3) is 0 Å². The smallest absolute Gasteiger partial charge is 0.410 e. The minimum absolute atomic E-state index is 0.421. The van der Waals surface area contributed by atoms with E-state index >= 15 is 0 Å². The molecule has 2 aromatic heterocycles. The number of hydrogen-bond acceptors (Lipinski definition) is 4. The Hall–Kier alpha value is -3.02. The normalized spacial score (nSPS) is 10.7. The van der Waals surface area contributed by atoms with Crippen LogP contribution in [0.15, 0.2) is 55.0 Å². The van der Waals surface area contributed by atoms with Gasteiger partial charge in [-0.15, -0.1) is 0 Å². The highest BCUT2D eigenvalue weighted by Crippen LogP contribution is 2.25. The van der Waals surface area contributed by atoms with Crippen molar-refractivity contribution < 1.29 is 9.53 Å². The molecule has 26 heavy (non-hydrogen) atoms. The van der Waals surface area contributed by atoms with Gasteiger partial charge in [0.1, 0.15) is 5.75 Å². The van der Waals surface area contributed by atoms with Crippen LogP contribution in [0.2, 0.25) is 0 Å². The number of anilines is 1. The zero-order chi connectivity index (χ0) is 18.4. The van der Waals surface area contributed by atoms with Crippen molar-refractivity contribution in [3.8, 4) is 5.75 Å². The highest BCUT2D eigenvalue weighted by molar-refractivity contribution is 5.83. The lowest BCUT2D eigenvalue weighted by atomic mass is 10.2. The molecule has 1 N–H and O–H groups in total. The SMILES string of the molecule is CCCNC(=O)Oc1ccc2c(ccn2N(CCC)c2ccncc2)c1. The fraction of sp³-hybridized carbons (Fsp3) is 0.300. The standard InChI is InChI=1S/C20H24N4O2/c1-3-10-22-20(25)26-18-5-6-19-16(15-18)9-14-24(19)23(13-4-2)17-7-11-21-12-8-17/h5-9,11-12,14-15H,3-4,10,13H2,1-2H3,(H,22,25). The van der Waals surface area contributed by atoms with Gasteiger partial charge in [-0.3, -0.25) is 14.7 Å². The second-order valence-electron chi connectivity index (χ2n) is 6.03. The summed E-state index contributed by atoms with van der Waals surface area (Å²) in [4.78, 5) is 15.8. The van der Waals surface area contributed by atoms with Crippen LogP contribution in [0.1, 0.15) is 26.7 Å². The number of amides is 1. The molecule has 0 atom stereocenters. The summed E-state index contributed by atoms with van der Waals surface area (Å²) in [5.74, 6) is 0.537. The number of ether oxygens (including phenoxy) is 1. The van der Waals surface area contributed by atoms with Crippen molar-refractivity contribution in [2.75, 3.05) is 18.1 Å². The van der Waals surface area contributed by atoms with Gasteiger partial charge in [0.05, 0.1) is 11.2 Å². The molecular weight excluding hydrogens is 328 g/mol. The van der Waals surface area contributed by atoms with Gasteiger partial charge in [0.2, 0.25) is 0 Å². The van der Waals surface area contributed by atoms with Gasteiger partial charge in [-0.2, -0.15) is 0 Å². The lowest BCUT2D eigenvalue weighted by molar-refractivity contribution is 0.200. The summed E-state index contributed by atoms with van der Waals surface area (Å²) < 4.78 is 7.47. The third-order valence-corrected chi connectivity index (χ3v) is 4.03. The van der Waals surface area contributed by atoms with Crippen LogP contribution in [-0.2, 0) is 0 Å². The predicted octanol–water partition coefficient (Wildman–Crippen LogP) is 4.21. The van der Waals surface area contributed by atoms with Gasteiger partial charge < -0.3 is 10.1 Å². The summed E-state index contributed by atoms with van der Waals surface area (Å²) >= 11 is 0. The number of carbonyl (C=O) groups excluding carboxylic acids is 1. The van der Waals surface area contributed by atoms with Gasteiger partial charge >= 0.3 is 6.09 Å². The Kier molecular flexibility index (Phi) is 5.73. The molecule has 2 heterocycles. The van der Waals surface area contributed by atoms with Gasteiger partial charge in [0.15, 0.2) is 0 Å². The molecule has 0 fully saturated rings. The Labute approximate surface area is 153 Å². The summed E-state index contributed by atoms with van der Waals surface area (Å²) in [6, 6.07) is 11.7. The number of aromatic nitrogens is 2. The first-order chi connectivity index (χ1) is 12.7. The summed E-state index contributed by atoms with van der Waals surface area (Å²) in [5, 5.41) is 5.93. The fourth-order valence-corrected chi connectivity index (χ4v) is 2.84. The maximum Gasteiger partial charge on any atom is 0.412 e. The second-order valence-corrected chi connectivity index (χ2v) is 6.03. The molecule has 0 bridgehead atoms. The van der Waals surface area contributed by atoms with Crippen LogP contribution in [0.3, 0.4) is 0 Å². The predicted molar refractivity (Wildman–Crippen MR) is 104 cm³/mol. The van der Waals surface area contributed by atoms with E-state index in [0.717, 1.165) is 36.0 Å². The Morgan fingerprint density at radius 1 is 1.15 bits per heavy atom. The molecule has 0 unspecified atom stereocenters. The minimum Gasteiger partial charge on any atom is -0.410 e. The minimum atomic E-state index is -0.421. The lowest BCUT2D eigenvalue weighted by Gasteiger charge is -2.26. The van der Waals surface area contributed by atoms with E-state index in [1.165, 1.54) is 0 Å². The topological polar surface area (TPSA) is 59.4 Å². The number of benzene rings is 1. The highest BCUT2D eigenvalue weighted by atomic mass is 16.6. The van der Waals surface area contributed by atoms with Crippen LogP contribution in [0, 0.1) is 0 Å². The number of nitrogens with one attached hydrogen (secondary N) is 1. The van der Waals surface area contributed by atoms with Crippen LogP contribution < -0.4 is 15.1 Å². The average molecular weight is 352 g/mol. The number of rotatable bonds is 7. The quantitative estimate of drug-likeness (QED) is 0.692. The van der Waals surface area contributed by atoms with Crippen LogP contribution >= 0.6 is 0 Å². The first-order valence-corrected chi connectivity index (χ1v) is 8.97. The second kappa shape index (κ2) is 8.38. The van der Waals surface area contributed by atoms with Crippen molar-refractivity contribution >= 4 is 22.7 Å². The van der Waals surface area contributed by atoms with Crippen LogP contribution in [0.4, 0.5) is 10.5 Å². The largest absolute Gasteiger partial charge is 0.412 e. The fourth-order valence-electron chi connectivity index (χ4n) is 2.84. The Bertz CT molecular complexity index is 861. The summed E-state index contributed by atoms with van der Waals surface area (Å²) in [7, 11) is 0. The lowest BCUT2D eigenvalue weighted by Crippen LogP contribution is -2.29. The van der Waals surface area contributed by atoms with E-state index < -0.39 is 6.09 Å². The number of fused-ring (bicyclic) bond motifs is 1. The average Bonchev–Trinajstić information content (AvgIpc) is 3.08. The van der Waals surface area contributed by atoms with E-state index in [0.29, 0.717) is 12.3 Å². The number of pyridine rings is 1. The molecule has 136 valence electrons. The van der Waals surface area contributed by atoms with E-state index in [2.05, 4.69) is 26.9 Å². The molecule has 0 aliphatic carbocycles. The third kappa shape index (κ3) is 3.96. The zero-order valence-electron chi connectivity index (χ0n) is 15.2. The molecule has 0 saturated carbocycles. The molecular formula is C20H24N4O2. The first-order valence-electron chi connectivity index (χ1n) is 8.97. The molecule has 0 aliphatic rings. The molecule has 0 saturated heterocycles. The Balaban J connectivity index is 1.87. The van der Waals surface area contributed by atoms with Crippen molar-refractivity contribution in [3.05, 3.63) is 55.0 Å². The molecule has 3 rings (SSSR count). The van der Waals surface area contributed by atoms with Gasteiger partial charge in [0, 0.05) is 37.1 Å². The molecule has 3 aromatic rings. The van der Waals surface area contributed by atoms with Crippen molar-refractivity contribution in [2.24, 2.45) is 0 Å². The number of carbonyl (C=O) groups is 1. The summed E-state index contributed by atoms with van der Waals surface area (Å²) in [6.45, 7) is 5.64. The molecule has 6 nitrogen and oxygen atoms in total. The summed E-state index contributed by atoms with van der Waals surface area (Å²) in [5.41, 5.74) is 2.13. The van der Waals surface area contributed by atoms with Crippen LogP contribution in [0.25, 0.3) is 10.9 Å². The van der Waals surface area contributed by atoms with Crippen LogP contribution in [0.5, 0.6) is 5.75 Å². The maximum absolute atomic E-state index is 11.7. The maximum atomic E-state index is 11.7. The first kappa shape index (κ1) is 17.8. The zero-order valence-corrected chi connectivity index (χ0v) is 15.2. The molecule has 0 radical (unpaired) electrons. The van der Waals surface area contributed by atoms with E-state index in [4.69, 9.17) is 4.74 Å². The molecule has 6 heteroatoms. The number of nitrogens with zero attached hydrogens (tertiary/aromatic N) is 3. The molecule has 0 spiro atoms. The molecule has 1 aromatic carbocycles. The van der Waals surface area contributed by atoms with Crippen molar-refractivity contribution in [1.29, 1.82) is 0 Å². The number of hydrogen-bond donors (Lipinski definition) is 1. The third-order valence-electron chi connectivity index (χ3n) is 4.03. The van der Waals surface area contributed by atoms with Crippen molar-refractivity contribution in [2.45, 2.75) is 26.7 Å². The van der Waals surface area contributed by atoms with Gasteiger partial charge in [-0.25, -0.2) is 4.79 Å². The van der Waals surface area contributed by atoms with E-state index in [-0.39, 0.29) is 0 Å². The van der Waals surface area contributed by atoms with E-state index in [1.54, 1.807) is 12.4 Å². The monoisotopic (exact) mass is 352 g/mol. The Morgan fingerprint density at radius 2 is 1.96 bits per heavy atom. The van der Waals surface area contributed by atoms with Crippen molar-refractivity contribution in [3.63, 3.8) is 0 Å². The molecule has 1 amide bonds. The van der Waals surface area contributed by atoms with Gasteiger partial charge in [-0.05, 0) is 49.2 Å². The van der Waals surface area contributed by atoms with Crippen LogP contribution in [-0.4, -0.2) is 28.8 Å².